The summed E-state index contributed by atoms with van der Waals surface area (Å²) in [5.74, 6) is 0.571. The van der Waals surface area contributed by atoms with Gasteiger partial charge in [-0.2, -0.15) is 0 Å². The SMILES string of the molecule is Cn1c(CCc2ccccc2Br)cnc1N. The number of hydrogen-bond donors (Lipinski definition) is 1. The molecule has 0 fully saturated rings. The van der Waals surface area contributed by atoms with Crippen LogP contribution in [0.4, 0.5) is 5.95 Å². The second-order valence-electron chi connectivity index (χ2n) is 3.76. The largest absolute Gasteiger partial charge is 0.369 e. The number of benzene rings is 1. The first-order chi connectivity index (χ1) is 7.68. The highest BCUT2D eigenvalue weighted by Crippen LogP contribution is 2.18. The Morgan fingerprint density at radius 1 is 1.31 bits per heavy atom. The van der Waals surface area contributed by atoms with Crippen molar-refractivity contribution in [2.75, 3.05) is 5.73 Å². The molecule has 1 aromatic carbocycles. The Balaban J connectivity index is 2.08. The van der Waals surface area contributed by atoms with E-state index in [0.29, 0.717) is 5.95 Å². The molecule has 0 saturated carbocycles. The van der Waals surface area contributed by atoms with Gasteiger partial charge in [0, 0.05) is 17.2 Å². The molecule has 0 atom stereocenters. The Morgan fingerprint density at radius 3 is 2.69 bits per heavy atom. The molecule has 3 nitrogen and oxygen atoms in total. The quantitative estimate of drug-likeness (QED) is 0.939. The molecule has 1 aromatic heterocycles. The highest BCUT2D eigenvalue weighted by molar-refractivity contribution is 9.10. The van der Waals surface area contributed by atoms with E-state index in [1.165, 1.54) is 5.56 Å². The molecule has 0 spiro atoms. The minimum absolute atomic E-state index is 0.571. The van der Waals surface area contributed by atoms with E-state index >= 15 is 0 Å². The molecule has 0 radical (unpaired) electrons. The van der Waals surface area contributed by atoms with Crippen LogP contribution in [0.25, 0.3) is 0 Å². The standard InChI is InChI=1S/C12H14BrN3/c1-16-10(8-15-12(16)14)7-6-9-4-2-3-5-11(9)13/h2-5,8H,6-7H2,1H3,(H2,14,15). The molecular formula is C12H14BrN3. The lowest BCUT2D eigenvalue weighted by molar-refractivity contribution is 0.806. The van der Waals surface area contributed by atoms with Crippen LogP contribution in [0.5, 0.6) is 0 Å². The minimum atomic E-state index is 0.571. The predicted molar refractivity (Wildman–Crippen MR) is 69.2 cm³/mol. The molecule has 0 bridgehead atoms. The molecule has 84 valence electrons. The molecule has 0 aliphatic rings. The summed E-state index contributed by atoms with van der Waals surface area (Å²) in [6.07, 6.45) is 3.77. The van der Waals surface area contributed by atoms with Gasteiger partial charge in [-0.1, -0.05) is 34.1 Å². The van der Waals surface area contributed by atoms with Crippen LogP contribution in [0.2, 0.25) is 0 Å². The summed E-state index contributed by atoms with van der Waals surface area (Å²) >= 11 is 3.55. The number of nitrogens with two attached hydrogens (primary N) is 1. The zero-order chi connectivity index (χ0) is 11.5. The lowest BCUT2D eigenvalue weighted by atomic mass is 10.1. The number of aryl methyl sites for hydroxylation is 2. The van der Waals surface area contributed by atoms with E-state index in [0.717, 1.165) is 23.0 Å². The number of aromatic nitrogens is 2. The first kappa shape index (κ1) is 11.2. The third-order valence-corrected chi connectivity index (χ3v) is 3.50. The van der Waals surface area contributed by atoms with E-state index < -0.39 is 0 Å². The normalized spacial score (nSPS) is 10.6. The Bertz CT molecular complexity index is 491. The fraction of sp³-hybridized carbons (Fsp3) is 0.250. The van der Waals surface area contributed by atoms with Crippen molar-refractivity contribution in [3.05, 3.63) is 46.2 Å². The van der Waals surface area contributed by atoms with E-state index in [4.69, 9.17) is 5.73 Å². The van der Waals surface area contributed by atoms with Gasteiger partial charge in [-0.05, 0) is 24.5 Å². The fourth-order valence-electron chi connectivity index (χ4n) is 1.66. The average Bonchev–Trinajstić information content (AvgIpc) is 2.59. The summed E-state index contributed by atoms with van der Waals surface area (Å²) in [4.78, 5) is 4.08. The predicted octanol–water partition coefficient (Wildman–Crippen LogP) is 2.55. The van der Waals surface area contributed by atoms with Crippen LogP contribution in [-0.2, 0) is 19.9 Å². The first-order valence-electron chi connectivity index (χ1n) is 5.18. The van der Waals surface area contributed by atoms with Crippen LogP contribution in [0, 0.1) is 0 Å². The van der Waals surface area contributed by atoms with Gasteiger partial charge in [-0.3, -0.25) is 0 Å². The topological polar surface area (TPSA) is 43.8 Å². The van der Waals surface area contributed by atoms with Gasteiger partial charge in [0.15, 0.2) is 5.95 Å². The van der Waals surface area contributed by atoms with Crippen molar-refractivity contribution in [1.82, 2.24) is 9.55 Å². The highest BCUT2D eigenvalue weighted by Gasteiger charge is 2.04. The van der Waals surface area contributed by atoms with Crippen LogP contribution < -0.4 is 5.73 Å². The molecule has 2 aromatic rings. The molecule has 4 heteroatoms. The Kier molecular flexibility index (Phi) is 3.29. The van der Waals surface area contributed by atoms with Crippen LogP contribution in [0.15, 0.2) is 34.9 Å². The lowest BCUT2D eigenvalue weighted by Gasteiger charge is -2.05. The van der Waals surface area contributed by atoms with E-state index in [-0.39, 0.29) is 0 Å². The van der Waals surface area contributed by atoms with E-state index in [1.54, 1.807) is 0 Å². The summed E-state index contributed by atoms with van der Waals surface area (Å²) in [7, 11) is 1.94. The van der Waals surface area contributed by atoms with Gasteiger partial charge in [0.05, 0.1) is 6.20 Å². The molecule has 16 heavy (non-hydrogen) atoms. The first-order valence-corrected chi connectivity index (χ1v) is 5.97. The number of nitrogen functional groups attached to an aromatic ring is 1. The maximum absolute atomic E-state index is 5.68. The molecule has 2 N–H and O–H groups in total. The number of halogens is 1. The Hall–Kier alpha value is -1.29. The van der Waals surface area contributed by atoms with Crippen LogP contribution in [0.3, 0.4) is 0 Å². The van der Waals surface area contributed by atoms with Crippen molar-refractivity contribution in [2.45, 2.75) is 12.8 Å². The van der Waals surface area contributed by atoms with Crippen LogP contribution in [0.1, 0.15) is 11.3 Å². The zero-order valence-corrected chi connectivity index (χ0v) is 10.7. The van der Waals surface area contributed by atoms with Gasteiger partial charge in [-0.15, -0.1) is 0 Å². The Labute approximate surface area is 103 Å². The molecule has 0 amide bonds. The molecule has 0 aliphatic heterocycles. The lowest BCUT2D eigenvalue weighted by Crippen LogP contribution is -2.02. The van der Waals surface area contributed by atoms with Gasteiger partial charge in [0.25, 0.3) is 0 Å². The molecule has 0 aliphatic carbocycles. The molecule has 0 saturated heterocycles. The van der Waals surface area contributed by atoms with E-state index in [9.17, 15) is 0 Å². The zero-order valence-electron chi connectivity index (χ0n) is 9.15. The second kappa shape index (κ2) is 4.70. The van der Waals surface area contributed by atoms with E-state index in [2.05, 4.69) is 39.1 Å². The summed E-state index contributed by atoms with van der Waals surface area (Å²) < 4.78 is 3.08. The molecule has 2 rings (SSSR count). The maximum Gasteiger partial charge on any atom is 0.200 e. The average molecular weight is 280 g/mol. The molecule has 1 heterocycles. The van der Waals surface area contributed by atoms with Gasteiger partial charge in [0.1, 0.15) is 0 Å². The summed E-state index contributed by atoms with van der Waals surface area (Å²) in [6.45, 7) is 0. The summed E-state index contributed by atoms with van der Waals surface area (Å²) in [6, 6.07) is 8.27. The number of nitrogens with zero attached hydrogens (tertiary/aromatic N) is 2. The van der Waals surface area contributed by atoms with Crippen molar-refractivity contribution in [2.24, 2.45) is 7.05 Å². The fourth-order valence-corrected chi connectivity index (χ4v) is 2.14. The maximum atomic E-state index is 5.68. The van der Waals surface area contributed by atoms with Gasteiger partial charge >= 0.3 is 0 Å². The van der Waals surface area contributed by atoms with Crippen molar-refractivity contribution < 1.29 is 0 Å². The van der Waals surface area contributed by atoms with Gasteiger partial charge < -0.3 is 10.3 Å². The molecular weight excluding hydrogens is 266 g/mol. The third-order valence-electron chi connectivity index (χ3n) is 2.73. The van der Waals surface area contributed by atoms with Crippen LogP contribution in [-0.4, -0.2) is 9.55 Å². The van der Waals surface area contributed by atoms with Crippen LogP contribution >= 0.6 is 15.9 Å². The number of rotatable bonds is 3. The molecule has 0 unspecified atom stereocenters. The third kappa shape index (κ3) is 2.27. The van der Waals surface area contributed by atoms with Crippen molar-refractivity contribution in [3.63, 3.8) is 0 Å². The van der Waals surface area contributed by atoms with Gasteiger partial charge in [0.2, 0.25) is 0 Å². The number of imidazole rings is 1. The summed E-state index contributed by atoms with van der Waals surface area (Å²) in [5.41, 5.74) is 8.15. The second-order valence-corrected chi connectivity index (χ2v) is 4.61. The van der Waals surface area contributed by atoms with Gasteiger partial charge in [-0.25, -0.2) is 4.98 Å². The smallest absolute Gasteiger partial charge is 0.200 e. The van der Waals surface area contributed by atoms with E-state index in [1.807, 2.05) is 23.9 Å². The van der Waals surface area contributed by atoms with Crippen molar-refractivity contribution in [3.8, 4) is 0 Å². The van der Waals surface area contributed by atoms with Crippen molar-refractivity contribution >= 4 is 21.9 Å². The highest BCUT2D eigenvalue weighted by atomic mass is 79.9. The number of hydrogen-bond acceptors (Lipinski definition) is 2. The number of anilines is 1. The van der Waals surface area contributed by atoms with Crippen molar-refractivity contribution in [1.29, 1.82) is 0 Å². The minimum Gasteiger partial charge on any atom is -0.369 e. The Morgan fingerprint density at radius 2 is 2.06 bits per heavy atom. The summed E-state index contributed by atoms with van der Waals surface area (Å²) in [5, 5.41) is 0. The monoisotopic (exact) mass is 279 g/mol.